The summed E-state index contributed by atoms with van der Waals surface area (Å²) in [6, 6.07) is 4.04. The van der Waals surface area contributed by atoms with Crippen LogP contribution in [0.5, 0.6) is 0 Å². The normalized spacial score (nSPS) is 20.5. The third-order valence-corrected chi connectivity index (χ3v) is 5.01. The first-order valence-electron chi connectivity index (χ1n) is 8.49. The van der Waals surface area contributed by atoms with Crippen molar-refractivity contribution in [3.63, 3.8) is 0 Å². The number of aromatic nitrogens is 1. The molecule has 0 spiro atoms. The number of carbonyl (C=O) groups excluding carboxylic acids is 1. The van der Waals surface area contributed by atoms with Crippen LogP contribution in [0.4, 0.5) is 0 Å². The molecule has 1 aromatic heterocycles. The Hall–Kier alpha value is -1.83. The summed E-state index contributed by atoms with van der Waals surface area (Å²) in [5, 5.41) is 12.5. The zero-order valence-corrected chi connectivity index (χ0v) is 13.0. The molecule has 0 saturated heterocycles. The zero-order chi connectivity index (χ0) is 15.4. The van der Waals surface area contributed by atoms with Gasteiger partial charge in [0.15, 0.2) is 5.69 Å². The summed E-state index contributed by atoms with van der Waals surface area (Å²) in [6.07, 6.45) is 11.7. The summed E-state index contributed by atoms with van der Waals surface area (Å²) >= 11 is 0. The molecule has 2 aliphatic rings. The number of carbonyl (C=O) groups is 1. The zero-order valence-electron chi connectivity index (χ0n) is 13.0. The van der Waals surface area contributed by atoms with Crippen LogP contribution in [0.3, 0.4) is 0 Å². The van der Waals surface area contributed by atoms with Crippen molar-refractivity contribution < 1.29 is 9.32 Å². The molecule has 118 valence electrons. The topological polar surface area (TPSA) is 70.1 Å². The van der Waals surface area contributed by atoms with Crippen LogP contribution < -0.4 is 0 Å². The van der Waals surface area contributed by atoms with Crippen LogP contribution in [0.2, 0.25) is 0 Å². The highest BCUT2D eigenvalue weighted by atomic mass is 16.5. The van der Waals surface area contributed by atoms with E-state index >= 15 is 0 Å². The van der Waals surface area contributed by atoms with E-state index in [1.54, 1.807) is 0 Å². The van der Waals surface area contributed by atoms with E-state index in [0.717, 1.165) is 25.7 Å². The van der Waals surface area contributed by atoms with Gasteiger partial charge in [-0.15, -0.1) is 0 Å². The molecule has 1 heterocycles. The monoisotopic (exact) mass is 301 g/mol. The van der Waals surface area contributed by atoms with E-state index in [9.17, 15) is 4.79 Å². The minimum absolute atomic E-state index is 0.0761. The summed E-state index contributed by atoms with van der Waals surface area (Å²) < 4.78 is 5.12. The third-order valence-electron chi connectivity index (χ3n) is 5.01. The molecular weight excluding hydrogens is 278 g/mol. The van der Waals surface area contributed by atoms with Crippen molar-refractivity contribution in [2.24, 2.45) is 0 Å². The predicted molar refractivity (Wildman–Crippen MR) is 81.1 cm³/mol. The van der Waals surface area contributed by atoms with Gasteiger partial charge in [-0.2, -0.15) is 5.26 Å². The molecular formula is C17H23N3O2. The predicted octanol–water partition coefficient (Wildman–Crippen LogP) is 3.65. The lowest BCUT2D eigenvalue weighted by Gasteiger charge is -2.41. The summed E-state index contributed by atoms with van der Waals surface area (Å²) in [4.78, 5) is 15.0. The first kappa shape index (κ1) is 15.1. The lowest BCUT2D eigenvalue weighted by molar-refractivity contribution is 0.0409. The minimum atomic E-state index is -0.0761. The van der Waals surface area contributed by atoms with E-state index in [4.69, 9.17) is 9.78 Å². The third kappa shape index (κ3) is 3.16. The Morgan fingerprint density at radius 1 is 1.09 bits per heavy atom. The van der Waals surface area contributed by atoms with Crippen molar-refractivity contribution in [1.29, 1.82) is 5.26 Å². The molecule has 1 aromatic rings. The number of rotatable bonds is 3. The van der Waals surface area contributed by atoms with Gasteiger partial charge in [0.1, 0.15) is 6.07 Å². The van der Waals surface area contributed by atoms with Gasteiger partial charge in [0, 0.05) is 18.2 Å². The van der Waals surface area contributed by atoms with Crippen molar-refractivity contribution >= 4 is 5.91 Å². The fourth-order valence-corrected chi connectivity index (χ4v) is 3.90. The van der Waals surface area contributed by atoms with Crippen molar-refractivity contribution in [2.45, 2.75) is 76.3 Å². The van der Waals surface area contributed by atoms with Crippen LogP contribution in [0.25, 0.3) is 0 Å². The molecule has 2 aliphatic carbocycles. The second-order valence-electron chi connectivity index (χ2n) is 6.48. The average molecular weight is 301 g/mol. The van der Waals surface area contributed by atoms with E-state index in [-0.39, 0.29) is 17.4 Å². The molecule has 0 N–H and O–H groups in total. The van der Waals surface area contributed by atoms with E-state index in [0.29, 0.717) is 12.1 Å². The highest BCUT2D eigenvalue weighted by Crippen LogP contribution is 2.31. The van der Waals surface area contributed by atoms with Gasteiger partial charge in [0.05, 0.1) is 0 Å². The molecule has 22 heavy (non-hydrogen) atoms. The molecule has 0 radical (unpaired) electrons. The molecule has 5 nitrogen and oxygen atoms in total. The quantitative estimate of drug-likeness (QED) is 0.854. The van der Waals surface area contributed by atoms with Crippen LogP contribution in [0, 0.1) is 11.3 Å². The van der Waals surface area contributed by atoms with Crippen LogP contribution in [-0.4, -0.2) is 28.0 Å². The second-order valence-corrected chi connectivity index (χ2v) is 6.48. The van der Waals surface area contributed by atoms with Crippen LogP contribution in [-0.2, 0) is 0 Å². The lowest BCUT2D eigenvalue weighted by atomic mass is 9.88. The molecule has 0 atom stereocenters. The van der Waals surface area contributed by atoms with Gasteiger partial charge in [-0.1, -0.05) is 43.7 Å². The van der Waals surface area contributed by atoms with Crippen LogP contribution in [0.1, 0.15) is 80.5 Å². The maximum atomic E-state index is 13.0. The molecule has 1 amide bonds. The van der Waals surface area contributed by atoms with Crippen molar-refractivity contribution in [2.75, 3.05) is 0 Å². The van der Waals surface area contributed by atoms with Crippen LogP contribution in [0.15, 0.2) is 10.6 Å². The number of amides is 1. The average Bonchev–Trinajstić information content (AvgIpc) is 3.06. The Balaban J connectivity index is 1.82. The highest BCUT2D eigenvalue weighted by molar-refractivity contribution is 5.92. The maximum absolute atomic E-state index is 13.0. The molecule has 2 fully saturated rings. The Labute approximate surface area is 131 Å². The van der Waals surface area contributed by atoms with E-state index in [2.05, 4.69) is 10.1 Å². The van der Waals surface area contributed by atoms with E-state index in [1.807, 2.05) is 6.07 Å². The van der Waals surface area contributed by atoms with Gasteiger partial charge in [0.2, 0.25) is 5.76 Å². The number of hydrogen-bond acceptors (Lipinski definition) is 4. The summed E-state index contributed by atoms with van der Waals surface area (Å²) in [5.74, 6) is 0.139. The van der Waals surface area contributed by atoms with Crippen molar-refractivity contribution in [1.82, 2.24) is 10.1 Å². The second kappa shape index (κ2) is 6.95. The lowest BCUT2D eigenvalue weighted by Crippen LogP contribution is -2.48. The Morgan fingerprint density at radius 3 is 2.09 bits per heavy atom. The van der Waals surface area contributed by atoms with Crippen molar-refractivity contribution in [3.05, 3.63) is 17.5 Å². The Bertz CT molecular complexity index is 530. The first-order chi connectivity index (χ1) is 10.8. The van der Waals surface area contributed by atoms with Gasteiger partial charge < -0.3 is 9.42 Å². The summed E-state index contributed by atoms with van der Waals surface area (Å²) in [6.45, 7) is 0. The Morgan fingerprint density at radius 2 is 1.64 bits per heavy atom. The molecule has 0 aromatic carbocycles. The SMILES string of the molecule is N#Cc1cc(C(=O)N(C2CCCCC2)C2CCCCC2)on1. The van der Waals surface area contributed by atoms with Gasteiger partial charge in [-0.25, -0.2) is 0 Å². The molecule has 3 rings (SSSR count). The van der Waals surface area contributed by atoms with Gasteiger partial charge >= 0.3 is 0 Å². The smallest absolute Gasteiger partial charge is 0.293 e. The highest BCUT2D eigenvalue weighted by Gasteiger charge is 2.34. The van der Waals surface area contributed by atoms with Gasteiger partial charge in [-0.3, -0.25) is 4.79 Å². The van der Waals surface area contributed by atoms with Gasteiger partial charge in [-0.05, 0) is 25.7 Å². The number of hydrogen-bond donors (Lipinski definition) is 0. The summed E-state index contributed by atoms with van der Waals surface area (Å²) in [7, 11) is 0. The molecule has 2 saturated carbocycles. The van der Waals surface area contributed by atoms with Crippen molar-refractivity contribution in [3.8, 4) is 6.07 Å². The first-order valence-corrected chi connectivity index (χ1v) is 8.49. The molecule has 0 aliphatic heterocycles. The minimum Gasteiger partial charge on any atom is -0.350 e. The number of nitrogens with zero attached hydrogens (tertiary/aromatic N) is 3. The van der Waals surface area contributed by atoms with Gasteiger partial charge in [0.25, 0.3) is 5.91 Å². The molecule has 0 unspecified atom stereocenters. The standard InChI is InChI=1S/C17H23N3O2/c18-12-13-11-16(22-19-13)17(21)20(14-7-3-1-4-8-14)15-9-5-2-6-10-15/h11,14-15H,1-10H2. The number of nitriles is 1. The fraction of sp³-hybridized carbons (Fsp3) is 0.706. The molecule has 0 bridgehead atoms. The van der Waals surface area contributed by atoms with Crippen LogP contribution >= 0.6 is 0 Å². The Kier molecular flexibility index (Phi) is 4.77. The largest absolute Gasteiger partial charge is 0.350 e. The summed E-state index contributed by atoms with van der Waals surface area (Å²) in [5.41, 5.74) is 0.176. The fourth-order valence-electron chi connectivity index (χ4n) is 3.90. The van der Waals surface area contributed by atoms with E-state index in [1.165, 1.54) is 44.6 Å². The van der Waals surface area contributed by atoms with E-state index < -0.39 is 0 Å². The maximum Gasteiger partial charge on any atom is 0.293 e. The molecule has 5 heteroatoms.